The monoisotopic (exact) mass is 312 g/mol. The molecule has 0 saturated heterocycles. The van der Waals surface area contributed by atoms with E-state index in [-0.39, 0.29) is 5.56 Å². The lowest BCUT2D eigenvalue weighted by molar-refractivity contribution is 0.0691. The van der Waals surface area contributed by atoms with Crippen LogP contribution in [0.3, 0.4) is 0 Å². The number of carboxylic acids is 1. The smallest absolute Gasteiger partial charge is 0.336 e. The van der Waals surface area contributed by atoms with Crippen LogP contribution in [0.1, 0.15) is 26.9 Å². The lowest BCUT2D eigenvalue weighted by Crippen LogP contribution is -2.06. The van der Waals surface area contributed by atoms with Gasteiger partial charge in [0.1, 0.15) is 6.10 Å². The Balaban J connectivity index is 2.43. The SMILES string of the molecule is O=C(O)c1ccccc1C(O)c1ccc(Br)s1. The van der Waals surface area contributed by atoms with Gasteiger partial charge in [0.2, 0.25) is 0 Å². The zero-order chi connectivity index (χ0) is 12.4. The number of carbonyl (C=O) groups is 1. The zero-order valence-electron chi connectivity index (χ0n) is 8.63. The number of hydrogen-bond acceptors (Lipinski definition) is 3. The van der Waals surface area contributed by atoms with Crippen LogP contribution < -0.4 is 0 Å². The molecule has 1 atom stereocenters. The van der Waals surface area contributed by atoms with E-state index in [0.29, 0.717) is 10.4 Å². The van der Waals surface area contributed by atoms with Crippen LogP contribution in [0.25, 0.3) is 0 Å². The van der Waals surface area contributed by atoms with Gasteiger partial charge in [-0.25, -0.2) is 4.79 Å². The van der Waals surface area contributed by atoms with E-state index in [9.17, 15) is 9.90 Å². The van der Waals surface area contributed by atoms with Crippen LogP contribution in [0.2, 0.25) is 0 Å². The van der Waals surface area contributed by atoms with Gasteiger partial charge in [0.05, 0.1) is 9.35 Å². The van der Waals surface area contributed by atoms with E-state index >= 15 is 0 Å². The molecule has 17 heavy (non-hydrogen) atoms. The Hall–Kier alpha value is -1.17. The molecule has 2 N–H and O–H groups in total. The molecule has 1 aromatic heterocycles. The normalized spacial score (nSPS) is 12.4. The molecule has 88 valence electrons. The van der Waals surface area contributed by atoms with Crippen molar-refractivity contribution in [1.29, 1.82) is 0 Å². The molecule has 1 unspecified atom stereocenters. The summed E-state index contributed by atoms with van der Waals surface area (Å²) in [4.78, 5) is 11.8. The Labute approximate surface area is 110 Å². The summed E-state index contributed by atoms with van der Waals surface area (Å²) in [5, 5.41) is 19.2. The average Bonchev–Trinajstić information content (AvgIpc) is 2.75. The van der Waals surface area contributed by atoms with Crippen molar-refractivity contribution < 1.29 is 15.0 Å². The van der Waals surface area contributed by atoms with Crippen LogP contribution in [0, 0.1) is 0 Å². The molecule has 0 fully saturated rings. The van der Waals surface area contributed by atoms with E-state index in [0.717, 1.165) is 3.79 Å². The third-order valence-corrected chi connectivity index (χ3v) is 4.03. The van der Waals surface area contributed by atoms with E-state index in [1.807, 2.05) is 6.07 Å². The van der Waals surface area contributed by atoms with E-state index in [1.54, 1.807) is 24.3 Å². The van der Waals surface area contributed by atoms with Gasteiger partial charge in [-0.2, -0.15) is 0 Å². The fourth-order valence-electron chi connectivity index (χ4n) is 1.56. The first-order chi connectivity index (χ1) is 8.09. The van der Waals surface area contributed by atoms with E-state index < -0.39 is 12.1 Å². The van der Waals surface area contributed by atoms with Crippen molar-refractivity contribution in [3.05, 3.63) is 56.2 Å². The minimum absolute atomic E-state index is 0.129. The van der Waals surface area contributed by atoms with Gasteiger partial charge >= 0.3 is 5.97 Å². The van der Waals surface area contributed by atoms with Crippen molar-refractivity contribution in [2.75, 3.05) is 0 Å². The number of rotatable bonds is 3. The molecule has 2 rings (SSSR count). The lowest BCUT2D eigenvalue weighted by atomic mass is 10.0. The summed E-state index contributed by atoms with van der Waals surface area (Å²) in [6.45, 7) is 0. The highest BCUT2D eigenvalue weighted by atomic mass is 79.9. The van der Waals surface area contributed by atoms with Crippen LogP contribution in [0.4, 0.5) is 0 Å². The summed E-state index contributed by atoms with van der Waals surface area (Å²) in [5.41, 5.74) is 0.541. The second kappa shape index (κ2) is 5.00. The van der Waals surface area contributed by atoms with Crippen molar-refractivity contribution in [1.82, 2.24) is 0 Å². The minimum Gasteiger partial charge on any atom is -0.478 e. The summed E-state index contributed by atoms with van der Waals surface area (Å²) in [7, 11) is 0. The number of aliphatic hydroxyl groups is 1. The average molecular weight is 313 g/mol. The van der Waals surface area contributed by atoms with Crippen molar-refractivity contribution >= 4 is 33.2 Å². The molecule has 0 bridgehead atoms. The third-order valence-electron chi connectivity index (χ3n) is 2.35. The number of halogens is 1. The first kappa shape index (κ1) is 12.3. The number of benzene rings is 1. The molecule has 3 nitrogen and oxygen atoms in total. The van der Waals surface area contributed by atoms with Gasteiger partial charge in [0.25, 0.3) is 0 Å². The second-order valence-corrected chi connectivity index (χ2v) is 5.93. The zero-order valence-corrected chi connectivity index (χ0v) is 11.0. The maximum absolute atomic E-state index is 11.0. The third kappa shape index (κ3) is 2.57. The Morgan fingerprint density at radius 1 is 1.24 bits per heavy atom. The fraction of sp³-hybridized carbons (Fsp3) is 0.0833. The number of thiophene rings is 1. The van der Waals surface area contributed by atoms with E-state index in [4.69, 9.17) is 5.11 Å². The van der Waals surface area contributed by atoms with Gasteiger partial charge in [-0.1, -0.05) is 18.2 Å². The van der Waals surface area contributed by atoms with Crippen LogP contribution in [-0.4, -0.2) is 16.2 Å². The number of aromatic carboxylic acids is 1. The molecule has 5 heteroatoms. The fourth-order valence-corrected chi connectivity index (χ4v) is 2.99. The molecule has 1 aromatic carbocycles. The van der Waals surface area contributed by atoms with Crippen LogP contribution >= 0.6 is 27.3 Å². The molecule has 2 aromatic rings. The molecule has 0 saturated carbocycles. The van der Waals surface area contributed by atoms with Gasteiger partial charge in [-0.3, -0.25) is 0 Å². The molecule has 1 heterocycles. The van der Waals surface area contributed by atoms with E-state index in [1.165, 1.54) is 17.4 Å². The van der Waals surface area contributed by atoms with Gasteiger partial charge in [0.15, 0.2) is 0 Å². The topological polar surface area (TPSA) is 57.5 Å². The number of hydrogen-bond donors (Lipinski definition) is 2. The molecule has 0 spiro atoms. The van der Waals surface area contributed by atoms with Crippen molar-refractivity contribution in [2.45, 2.75) is 6.10 Å². The summed E-state index contributed by atoms with van der Waals surface area (Å²) in [5.74, 6) is -1.03. The lowest BCUT2D eigenvalue weighted by Gasteiger charge is -2.11. The summed E-state index contributed by atoms with van der Waals surface area (Å²) in [6, 6.07) is 10.1. The van der Waals surface area contributed by atoms with Crippen molar-refractivity contribution in [3.8, 4) is 0 Å². The largest absolute Gasteiger partial charge is 0.478 e. The van der Waals surface area contributed by atoms with Crippen molar-refractivity contribution in [2.24, 2.45) is 0 Å². The highest BCUT2D eigenvalue weighted by Crippen LogP contribution is 2.32. The predicted molar refractivity (Wildman–Crippen MR) is 69.5 cm³/mol. The van der Waals surface area contributed by atoms with Crippen LogP contribution in [-0.2, 0) is 0 Å². The molecular weight excluding hydrogens is 304 g/mol. The van der Waals surface area contributed by atoms with Crippen LogP contribution in [0.5, 0.6) is 0 Å². The van der Waals surface area contributed by atoms with Gasteiger partial charge < -0.3 is 10.2 Å². The summed E-state index contributed by atoms with van der Waals surface area (Å²) in [6.07, 6.45) is -0.904. The summed E-state index contributed by atoms with van der Waals surface area (Å²) < 4.78 is 0.902. The maximum atomic E-state index is 11.0. The predicted octanol–water partition coefficient (Wildman–Crippen LogP) is 3.29. The Morgan fingerprint density at radius 2 is 1.94 bits per heavy atom. The Morgan fingerprint density at radius 3 is 2.53 bits per heavy atom. The van der Waals surface area contributed by atoms with Crippen molar-refractivity contribution in [3.63, 3.8) is 0 Å². The molecular formula is C12H9BrO3S. The van der Waals surface area contributed by atoms with Gasteiger partial charge in [-0.15, -0.1) is 11.3 Å². The number of carboxylic acid groups (broad SMARTS) is 1. The first-order valence-electron chi connectivity index (χ1n) is 4.85. The minimum atomic E-state index is -1.03. The Kier molecular flexibility index (Phi) is 3.61. The molecule has 0 amide bonds. The molecule has 0 aliphatic rings. The highest BCUT2D eigenvalue weighted by Gasteiger charge is 2.19. The number of aliphatic hydroxyl groups excluding tert-OH is 1. The standard InChI is InChI=1S/C12H9BrO3S/c13-10-6-5-9(17-10)11(14)7-3-1-2-4-8(7)12(15)16/h1-6,11,14H,(H,15,16). The molecule has 0 aliphatic carbocycles. The highest BCUT2D eigenvalue weighted by molar-refractivity contribution is 9.11. The van der Waals surface area contributed by atoms with Gasteiger partial charge in [0, 0.05) is 10.4 Å². The quantitative estimate of drug-likeness (QED) is 0.914. The van der Waals surface area contributed by atoms with Crippen LogP contribution in [0.15, 0.2) is 40.2 Å². The van der Waals surface area contributed by atoms with E-state index in [2.05, 4.69) is 15.9 Å². The maximum Gasteiger partial charge on any atom is 0.336 e. The molecule has 0 radical (unpaired) electrons. The summed E-state index contributed by atoms with van der Waals surface area (Å²) >= 11 is 4.70. The first-order valence-corrected chi connectivity index (χ1v) is 6.46. The Bertz CT molecular complexity index is 550. The second-order valence-electron chi connectivity index (χ2n) is 3.44. The van der Waals surface area contributed by atoms with Gasteiger partial charge in [-0.05, 0) is 34.1 Å². The molecule has 0 aliphatic heterocycles.